The van der Waals surface area contributed by atoms with Crippen molar-refractivity contribution in [2.45, 2.75) is 13.8 Å². The first-order valence-corrected chi connectivity index (χ1v) is 5.63. The molecule has 1 aliphatic heterocycles. The van der Waals surface area contributed by atoms with Gasteiger partial charge in [-0.25, -0.2) is 0 Å². The molecule has 1 aromatic carbocycles. The number of nitrogens with zero attached hydrogens (tertiary/aromatic N) is 1. The number of benzene rings is 1. The smallest absolute Gasteiger partial charge is 0.299 e. The first-order chi connectivity index (χ1) is 8.45. The summed E-state index contributed by atoms with van der Waals surface area (Å²) in [4.78, 5) is 36.4. The Kier molecular flexibility index (Phi) is 2.90. The molecule has 2 amide bonds. The third-order valence-corrected chi connectivity index (χ3v) is 2.98. The van der Waals surface area contributed by atoms with E-state index in [-0.39, 0.29) is 12.5 Å². The fraction of sp³-hybridized carbons (Fsp3) is 0.308. The van der Waals surface area contributed by atoms with Gasteiger partial charge in [0, 0.05) is 7.05 Å². The van der Waals surface area contributed by atoms with Gasteiger partial charge in [0.15, 0.2) is 0 Å². The molecule has 2 rings (SSSR count). The molecule has 1 N–H and O–H groups in total. The Labute approximate surface area is 105 Å². The van der Waals surface area contributed by atoms with Crippen LogP contribution in [0.1, 0.15) is 21.5 Å². The molecule has 5 heteroatoms. The van der Waals surface area contributed by atoms with Crippen LogP contribution in [0.2, 0.25) is 0 Å². The number of Topliss-reactive ketones (excluding diaryl/α,β-unsaturated/α-hetero) is 1. The third kappa shape index (κ3) is 1.77. The third-order valence-electron chi connectivity index (χ3n) is 2.98. The van der Waals surface area contributed by atoms with Crippen LogP contribution < -0.4 is 10.2 Å². The van der Waals surface area contributed by atoms with E-state index in [1.807, 2.05) is 19.9 Å². The summed E-state index contributed by atoms with van der Waals surface area (Å²) in [6, 6.07) is 3.58. The number of rotatable bonds is 2. The van der Waals surface area contributed by atoms with Gasteiger partial charge in [-0.05, 0) is 31.0 Å². The van der Waals surface area contributed by atoms with Crippen LogP contribution in [0.25, 0.3) is 0 Å². The van der Waals surface area contributed by atoms with Gasteiger partial charge in [-0.2, -0.15) is 0 Å². The van der Waals surface area contributed by atoms with Crippen molar-refractivity contribution in [3.8, 4) is 0 Å². The zero-order chi connectivity index (χ0) is 13.4. The van der Waals surface area contributed by atoms with Crippen LogP contribution in [0.5, 0.6) is 0 Å². The molecule has 94 valence electrons. The number of anilines is 1. The van der Waals surface area contributed by atoms with Gasteiger partial charge in [0.2, 0.25) is 5.91 Å². The second-order valence-corrected chi connectivity index (χ2v) is 4.37. The highest BCUT2D eigenvalue weighted by molar-refractivity contribution is 6.52. The van der Waals surface area contributed by atoms with Crippen LogP contribution in [0, 0.1) is 13.8 Å². The number of hydrogen-bond acceptors (Lipinski definition) is 3. The summed E-state index contributed by atoms with van der Waals surface area (Å²) in [5.74, 6) is -1.48. The summed E-state index contributed by atoms with van der Waals surface area (Å²) in [5, 5.41) is 2.44. The molecule has 0 aliphatic carbocycles. The van der Waals surface area contributed by atoms with Gasteiger partial charge in [0.25, 0.3) is 11.7 Å². The molecule has 0 fully saturated rings. The first-order valence-electron chi connectivity index (χ1n) is 5.63. The lowest BCUT2D eigenvalue weighted by molar-refractivity contribution is -0.121. The Balaban J connectivity index is 2.51. The van der Waals surface area contributed by atoms with Crippen molar-refractivity contribution in [2.24, 2.45) is 0 Å². The SMILES string of the molecule is CNC(=O)CN1C(=O)C(=O)c2cc(C)cc(C)c21. The van der Waals surface area contributed by atoms with Crippen molar-refractivity contribution in [3.05, 3.63) is 28.8 Å². The molecular formula is C13H14N2O3. The van der Waals surface area contributed by atoms with Gasteiger partial charge in [-0.3, -0.25) is 19.3 Å². The minimum Gasteiger partial charge on any atom is -0.358 e. The Morgan fingerprint density at radius 2 is 1.94 bits per heavy atom. The highest BCUT2D eigenvalue weighted by Gasteiger charge is 2.37. The Morgan fingerprint density at radius 3 is 2.56 bits per heavy atom. The molecule has 0 aromatic heterocycles. The maximum atomic E-state index is 11.9. The Hall–Kier alpha value is -2.17. The van der Waals surface area contributed by atoms with Crippen LogP contribution in [0.3, 0.4) is 0 Å². The van der Waals surface area contributed by atoms with Gasteiger partial charge in [0.05, 0.1) is 11.3 Å². The molecular weight excluding hydrogens is 232 g/mol. The highest BCUT2D eigenvalue weighted by atomic mass is 16.2. The molecule has 18 heavy (non-hydrogen) atoms. The van der Waals surface area contributed by atoms with E-state index in [0.29, 0.717) is 11.3 Å². The van der Waals surface area contributed by atoms with Crippen molar-refractivity contribution in [1.82, 2.24) is 5.32 Å². The lowest BCUT2D eigenvalue weighted by Crippen LogP contribution is -2.39. The Morgan fingerprint density at radius 1 is 1.28 bits per heavy atom. The lowest BCUT2D eigenvalue weighted by Gasteiger charge is -2.17. The van der Waals surface area contributed by atoms with E-state index in [0.717, 1.165) is 11.1 Å². The molecule has 1 aromatic rings. The van der Waals surface area contributed by atoms with Crippen molar-refractivity contribution >= 4 is 23.3 Å². The minimum absolute atomic E-state index is 0.127. The zero-order valence-corrected chi connectivity index (χ0v) is 10.5. The van der Waals surface area contributed by atoms with Gasteiger partial charge in [0.1, 0.15) is 6.54 Å². The number of ketones is 1. The van der Waals surface area contributed by atoms with E-state index in [9.17, 15) is 14.4 Å². The summed E-state index contributed by atoms with van der Waals surface area (Å²) in [6.45, 7) is 3.57. The molecule has 0 spiro atoms. The number of hydrogen-bond donors (Lipinski definition) is 1. The summed E-state index contributed by atoms with van der Waals surface area (Å²) in [7, 11) is 1.49. The minimum atomic E-state index is -0.637. The van der Waals surface area contributed by atoms with Crippen molar-refractivity contribution in [1.29, 1.82) is 0 Å². The van der Waals surface area contributed by atoms with E-state index in [4.69, 9.17) is 0 Å². The number of nitrogens with one attached hydrogen (secondary N) is 1. The molecule has 0 bridgehead atoms. The molecule has 0 saturated carbocycles. The summed E-state index contributed by atoms with van der Waals surface area (Å²) in [6.07, 6.45) is 0. The monoisotopic (exact) mass is 246 g/mol. The van der Waals surface area contributed by atoms with E-state index in [2.05, 4.69) is 5.32 Å². The summed E-state index contributed by atoms with van der Waals surface area (Å²) >= 11 is 0. The predicted octanol–water partition coefficient (Wildman–Crippen LogP) is 0.579. The number of carbonyl (C=O) groups excluding carboxylic acids is 3. The lowest BCUT2D eigenvalue weighted by atomic mass is 10.0. The normalized spacial score (nSPS) is 13.8. The quantitative estimate of drug-likeness (QED) is 0.776. The highest BCUT2D eigenvalue weighted by Crippen LogP contribution is 2.33. The molecule has 0 atom stereocenters. The predicted molar refractivity (Wildman–Crippen MR) is 66.7 cm³/mol. The molecule has 0 unspecified atom stereocenters. The van der Waals surface area contributed by atoms with Crippen molar-refractivity contribution in [3.63, 3.8) is 0 Å². The van der Waals surface area contributed by atoms with E-state index >= 15 is 0 Å². The second kappa shape index (κ2) is 4.25. The van der Waals surface area contributed by atoms with E-state index in [1.54, 1.807) is 6.07 Å². The van der Waals surface area contributed by atoms with E-state index < -0.39 is 11.7 Å². The Bertz CT molecular complexity index is 564. The topological polar surface area (TPSA) is 66.5 Å². The standard InChI is InChI=1S/C13H14N2O3/c1-7-4-8(2)11-9(5-7)12(17)13(18)15(11)6-10(16)14-3/h4-5H,6H2,1-3H3,(H,14,16). The average Bonchev–Trinajstić information content (AvgIpc) is 2.54. The zero-order valence-electron chi connectivity index (χ0n) is 10.5. The number of carbonyl (C=O) groups is 3. The van der Waals surface area contributed by atoms with Crippen molar-refractivity contribution < 1.29 is 14.4 Å². The van der Waals surface area contributed by atoms with Gasteiger partial charge in [-0.1, -0.05) is 6.07 Å². The maximum Gasteiger partial charge on any atom is 0.299 e. The largest absolute Gasteiger partial charge is 0.358 e. The van der Waals surface area contributed by atoms with E-state index in [1.165, 1.54) is 11.9 Å². The van der Waals surface area contributed by atoms with Gasteiger partial charge in [-0.15, -0.1) is 0 Å². The first kappa shape index (κ1) is 12.3. The maximum absolute atomic E-state index is 11.9. The number of likely N-dealkylation sites (N-methyl/N-ethyl adjacent to an activating group) is 1. The second-order valence-electron chi connectivity index (χ2n) is 4.37. The van der Waals surface area contributed by atoms with Crippen LogP contribution in [0.4, 0.5) is 5.69 Å². The molecule has 5 nitrogen and oxygen atoms in total. The number of aryl methyl sites for hydroxylation is 2. The fourth-order valence-corrected chi connectivity index (χ4v) is 2.20. The van der Waals surface area contributed by atoms with Crippen LogP contribution in [-0.4, -0.2) is 31.2 Å². The van der Waals surface area contributed by atoms with Crippen molar-refractivity contribution in [2.75, 3.05) is 18.5 Å². The molecule has 0 radical (unpaired) electrons. The molecule has 0 saturated heterocycles. The average molecular weight is 246 g/mol. The van der Waals surface area contributed by atoms with Gasteiger partial charge >= 0.3 is 0 Å². The van der Waals surface area contributed by atoms with Gasteiger partial charge < -0.3 is 5.32 Å². The number of fused-ring (bicyclic) bond motifs is 1. The van der Waals surface area contributed by atoms with Crippen LogP contribution >= 0.6 is 0 Å². The van der Waals surface area contributed by atoms with Crippen LogP contribution in [-0.2, 0) is 9.59 Å². The summed E-state index contributed by atoms with van der Waals surface area (Å²) < 4.78 is 0. The van der Waals surface area contributed by atoms with Crippen LogP contribution in [0.15, 0.2) is 12.1 Å². The molecule has 1 aliphatic rings. The number of amides is 2. The fourth-order valence-electron chi connectivity index (χ4n) is 2.20. The summed E-state index contributed by atoms with van der Waals surface area (Å²) in [5.41, 5.74) is 2.70. The molecule has 1 heterocycles.